The predicted molar refractivity (Wildman–Crippen MR) is 70.5 cm³/mol. The van der Waals surface area contributed by atoms with Crippen molar-refractivity contribution in [2.24, 2.45) is 5.92 Å². The van der Waals surface area contributed by atoms with E-state index in [1.54, 1.807) is 0 Å². The molecule has 0 fully saturated rings. The zero-order valence-electron chi connectivity index (χ0n) is 10.9. The number of hydrogen-bond donors (Lipinski definition) is 0. The molecular formula is C15H20O3. The van der Waals surface area contributed by atoms with Crippen LogP contribution in [0.5, 0.6) is 0 Å². The van der Waals surface area contributed by atoms with E-state index < -0.39 is 11.9 Å². The molecule has 0 radical (unpaired) electrons. The largest absolute Gasteiger partial charge is 0.468 e. The summed E-state index contributed by atoms with van der Waals surface area (Å²) in [5.74, 6) is 3.81. The number of Topliss-reactive ketones (excluding diaryl/α,β-unsaturated/α-hetero) is 1. The first kappa shape index (κ1) is 16.3. The molecule has 0 rings (SSSR count). The van der Waals surface area contributed by atoms with Crippen molar-refractivity contribution in [3.63, 3.8) is 0 Å². The first-order chi connectivity index (χ1) is 8.67. The van der Waals surface area contributed by atoms with Crippen LogP contribution in [0, 0.1) is 30.6 Å². The zero-order valence-corrected chi connectivity index (χ0v) is 10.9. The highest BCUT2D eigenvalue weighted by Crippen LogP contribution is 2.15. The first-order valence-corrected chi connectivity index (χ1v) is 6.14. The molecule has 0 spiro atoms. The van der Waals surface area contributed by atoms with E-state index in [9.17, 15) is 9.59 Å². The van der Waals surface area contributed by atoms with E-state index in [1.807, 2.05) is 0 Å². The van der Waals surface area contributed by atoms with E-state index in [2.05, 4.69) is 16.6 Å². The molecule has 0 aliphatic carbocycles. The smallest absolute Gasteiger partial charge is 0.316 e. The molecule has 0 aromatic carbocycles. The minimum atomic E-state index is -0.672. The molecule has 1 unspecified atom stereocenters. The fourth-order valence-electron chi connectivity index (χ4n) is 1.66. The quantitative estimate of drug-likeness (QED) is 0.272. The van der Waals surface area contributed by atoms with Gasteiger partial charge in [0.25, 0.3) is 0 Å². The maximum Gasteiger partial charge on any atom is 0.316 e. The Balaban J connectivity index is 4.20. The second-order valence-electron chi connectivity index (χ2n) is 4.05. The summed E-state index contributed by atoms with van der Waals surface area (Å²) in [4.78, 5) is 23.4. The van der Waals surface area contributed by atoms with Gasteiger partial charge in [0.1, 0.15) is 11.7 Å². The van der Waals surface area contributed by atoms with Gasteiger partial charge in [-0.05, 0) is 25.7 Å². The molecule has 98 valence electrons. The summed E-state index contributed by atoms with van der Waals surface area (Å²) in [6, 6.07) is 0. The number of unbranched alkanes of at least 4 members (excludes halogenated alkanes) is 3. The van der Waals surface area contributed by atoms with E-state index in [4.69, 9.17) is 12.8 Å². The minimum Gasteiger partial charge on any atom is -0.468 e. The molecule has 0 N–H and O–H groups in total. The van der Waals surface area contributed by atoms with Gasteiger partial charge < -0.3 is 4.74 Å². The Kier molecular flexibility index (Phi) is 9.41. The molecule has 0 saturated carbocycles. The molecule has 0 bridgehead atoms. The second-order valence-corrected chi connectivity index (χ2v) is 4.05. The zero-order chi connectivity index (χ0) is 13.8. The van der Waals surface area contributed by atoms with Gasteiger partial charge in [0, 0.05) is 19.3 Å². The number of ketones is 1. The molecule has 0 aliphatic rings. The van der Waals surface area contributed by atoms with Crippen molar-refractivity contribution in [2.45, 2.75) is 44.9 Å². The molecule has 0 aliphatic heterocycles. The van der Waals surface area contributed by atoms with Crippen molar-refractivity contribution >= 4 is 11.8 Å². The number of methoxy groups -OCH3 is 1. The number of ether oxygens (including phenoxy) is 1. The van der Waals surface area contributed by atoms with E-state index in [0.717, 1.165) is 6.42 Å². The number of carbonyl (C=O) groups is 2. The van der Waals surface area contributed by atoms with Crippen LogP contribution in [0.3, 0.4) is 0 Å². The lowest BCUT2D eigenvalue weighted by molar-refractivity contribution is -0.149. The molecule has 0 amide bonds. The van der Waals surface area contributed by atoms with Gasteiger partial charge in [0.05, 0.1) is 7.11 Å². The Bertz CT molecular complexity index is 344. The van der Waals surface area contributed by atoms with Crippen LogP contribution >= 0.6 is 0 Å². The highest BCUT2D eigenvalue weighted by molar-refractivity contribution is 5.98. The van der Waals surface area contributed by atoms with Gasteiger partial charge in [0.15, 0.2) is 0 Å². The fraction of sp³-hybridized carbons (Fsp3) is 0.600. The maximum absolute atomic E-state index is 11.9. The number of hydrogen-bond acceptors (Lipinski definition) is 3. The number of rotatable bonds is 9. The molecule has 3 nitrogen and oxygen atoms in total. The third-order valence-corrected chi connectivity index (χ3v) is 2.68. The average molecular weight is 248 g/mol. The topological polar surface area (TPSA) is 43.4 Å². The van der Waals surface area contributed by atoms with Crippen molar-refractivity contribution in [1.29, 1.82) is 0 Å². The Labute approximate surface area is 109 Å². The Hall–Kier alpha value is -1.74. The highest BCUT2D eigenvalue weighted by atomic mass is 16.5. The van der Waals surface area contributed by atoms with Crippen LogP contribution in [0.1, 0.15) is 44.9 Å². The van der Waals surface area contributed by atoms with Gasteiger partial charge in [0.2, 0.25) is 0 Å². The summed E-state index contributed by atoms with van der Waals surface area (Å²) in [6.07, 6.45) is 14.5. The second kappa shape index (κ2) is 10.4. The molecule has 3 heteroatoms. The van der Waals surface area contributed by atoms with Gasteiger partial charge in [-0.15, -0.1) is 24.7 Å². The third-order valence-electron chi connectivity index (χ3n) is 2.68. The summed E-state index contributed by atoms with van der Waals surface area (Å²) in [5, 5.41) is 0. The summed E-state index contributed by atoms with van der Waals surface area (Å²) >= 11 is 0. The van der Waals surface area contributed by atoms with Crippen LogP contribution in [-0.2, 0) is 14.3 Å². The van der Waals surface area contributed by atoms with Gasteiger partial charge in [-0.2, -0.15) is 0 Å². The van der Waals surface area contributed by atoms with Crippen LogP contribution in [0.25, 0.3) is 0 Å². The SMILES string of the molecule is C#CCCCCC(=O)C(CCCC#C)C(=O)OC. The van der Waals surface area contributed by atoms with Gasteiger partial charge in [-0.1, -0.05) is 0 Å². The van der Waals surface area contributed by atoms with Crippen LogP contribution < -0.4 is 0 Å². The molecule has 0 saturated heterocycles. The van der Waals surface area contributed by atoms with E-state index in [1.165, 1.54) is 7.11 Å². The summed E-state index contributed by atoms with van der Waals surface area (Å²) in [6.45, 7) is 0. The van der Waals surface area contributed by atoms with Gasteiger partial charge in [-0.25, -0.2) is 0 Å². The Morgan fingerprint density at radius 3 is 2.28 bits per heavy atom. The standard InChI is InChI=1S/C15H20O3/c1-4-6-8-10-12-14(16)13(15(17)18-3)11-9-7-5-2/h1-2,13H,6-12H2,3H3. The third kappa shape index (κ3) is 6.76. The van der Waals surface area contributed by atoms with E-state index >= 15 is 0 Å². The Morgan fingerprint density at radius 1 is 1.11 bits per heavy atom. The lowest BCUT2D eigenvalue weighted by atomic mass is 9.94. The lowest BCUT2D eigenvalue weighted by Crippen LogP contribution is -2.25. The maximum atomic E-state index is 11.9. The summed E-state index contributed by atoms with van der Waals surface area (Å²) < 4.78 is 4.65. The Morgan fingerprint density at radius 2 is 1.72 bits per heavy atom. The number of esters is 1. The molecule has 0 aromatic rings. The van der Waals surface area contributed by atoms with Crippen molar-refractivity contribution in [2.75, 3.05) is 7.11 Å². The first-order valence-electron chi connectivity index (χ1n) is 6.14. The summed E-state index contributed by atoms with van der Waals surface area (Å²) in [7, 11) is 1.29. The van der Waals surface area contributed by atoms with Gasteiger partial charge in [-0.3, -0.25) is 9.59 Å². The van der Waals surface area contributed by atoms with Crippen molar-refractivity contribution in [1.82, 2.24) is 0 Å². The van der Waals surface area contributed by atoms with Gasteiger partial charge >= 0.3 is 5.97 Å². The van der Waals surface area contributed by atoms with Crippen molar-refractivity contribution in [3.05, 3.63) is 0 Å². The van der Waals surface area contributed by atoms with Crippen molar-refractivity contribution in [3.8, 4) is 24.7 Å². The van der Waals surface area contributed by atoms with Crippen LogP contribution in [-0.4, -0.2) is 18.9 Å². The molecule has 0 aromatic heterocycles. The predicted octanol–water partition coefficient (Wildman–Crippen LogP) is 2.34. The fourth-order valence-corrected chi connectivity index (χ4v) is 1.66. The van der Waals surface area contributed by atoms with E-state index in [0.29, 0.717) is 38.5 Å². The molecule has 18 heavy (non-hydrogen) atoms. The summed E-state index contributed by atoms with van der Waals surface area (Å²) in [5.41, 5.74) is 0. The van der Waals surface area contributed by atoms with Crippen LogP contribution in [0.4, 0.5) is 0 Å². The van der Waals surface area contributed by atoms with E-state index in [-0.39, 0.29) is 5.78 Å². The molecule has 1 atom stereocenters. The number of terminal acetylenes is 2. The van der Waals surface area contributed by atoms with Crippen molar-refractivity contribution < 1.29 is 14.3 Å². The minimum absolute atomic E-state index is 0.0732. The van der Waals surface area contributed by atoms with Crippen LogP contribution in [0.2, 0.25) is 0 Å². The number of carbonyl (C=O) groups excluding carboxylic acids is 2. The normalized spacial score (nSPS) is 11.1. The lowest BCUT2D eigenvalue weighted by Gasteiger charge is -2.12. The van der Waals surface area contributed by atoms with Crippen LogP contribution in [0.15, 0.2) is 0 Å². The molecule has 0 heterocycles. The highest BCUT2D eigenvalue weighted by Gasteiger charge is 2.25. The molecular weight excluding hydrogens is 228 g/mol. The average Bonchev–Trinajstić information content (AvgIpc) is 2.38. The monoisotopic (exact) mass is 248 g/mol.